The van der Waals surface area contributed by atoms with Crippen LogP contribution in [-0.2, 0) is 43.3 Å². The highest BCUT2D eigenvalue weighted by Gasteiger charge is 2.47. The average molecular weight is 1280 g/mol. The largest absolute Gasteiger partial charge is 0.310 e. The Bertz CT molecular complexity index is 5630. The summed E-state index contributed by atoms with van der Waals surface area (Å²) in [5, 5.41) is 10.7. The van der Waals surface area contributed by atoms with E-state index >= 15 is 0 Å². The van der Waals surface area contributed by atoms with Crippen LogP contribution in [0.15, 0.2) is 146 Å². The fourth-order valence-electron chi connectivity index (χ4n) is 18.2. The maximum atomic E-state index is 2.79. The number of aromatic nitrogens is 4. The van der Waals surface area contributed by atoms with Crippen molar-refractivity contribution in [2.45, 2.75) is 209 Å². The zero-order valence-corrected chi connectivity index (χ0v) is 62.8. The second-order valence-electron chi connectivity index (χ2n) is 38.8. The van der Waals surface area contributed by atoms with Crippen LogP contribution in [0.5, 0.6) is 0 Å². The normalized spacial score (nSPS) is 14.7. The van der Waals surface area contributed by atoms with Crippen molar-refractivity contribution in [2.75, 3.05) is 0 Å². The Hall–Kier alpha value is -8.47. The molecule has 6 heteroatoms. The molecule has 18 rings (SSSR count). The van der Waals surface area contributed by atoms with E-state index < -0.39 is 0 Å². The maximum Gasteiger partial charge on any atom is 0.252 e. The molecule has 0 spiro atoms. The van der Waals surface area contributed by atoms with Crippen LogP contribution in [0.4, 0.5) is 0 Å². The van der Waals surface area contributed by atoms with Gasteiger partial charge in [0.25, 0.3) is 13.4 Å². The van der Waals surface area contributed by atoms with Gasteiger partial charge in [-0.25, -0.2) is 0 Å². The second-order valence-corrected chi connectivity index (χ2v) is 38.8. The molecule has 0 aliphatic carbocycles. The molecule has 0 unspecified atom stereocenters. The summed E-state index contributed by atoms with van der Waals surface area (Å²) in [7, 11) is 0. The van der Waals surface area contributed by atoms with Gasteiger partial charge in [0.05, 0.1) is 33.4 Å². The Kier molecular flexibility index (Phi) is 11.9. The third-order valence-corrected chi connectivity index (χ3v) is 23.9. The van der Waals surface area contributed by atoms with E-state index in [0.717, 1.165) is 0 Å². The maximum absolute atomic E-state index is 2.79. The van der Waals surface area contributed by atoms with Crippen LogP contribution >= 0.6 is 0 Å². The molecule has 0 amide bonds. The molecule has 8 heterocycles. The molecule has 4 aliphatic heterocycles. The molecule has 490 valence electrons. The van der Waals surface area contributed by atoms with Crippen LogP contribution in [0, 0.1) is 0 Å². The van der Waals surface area contributed by atoms with Crippen molar-refractivity contribution in [1.82, 2.24) is 18.3 Å². The molecule has 4 aromatic heterocycles. The van der Waals surface area contributed by atoms with Crippen LogP contribution < -0.4 is 32.8 Å². The summed E-state index contributed by atoms with van der Waals surface area (Å²) in [6.07, 6.45) is 0. The van der Waals surface area contributed by atoms with E-state index in [9.17, 15) is 0 Å². The lowest BCUT2D eigenvalue weighted by Crippen LogP contribution is -2.60. The van der Waals surface area contributed by atoms with Crippen LogP contribution in [0.2, 0.25) is 0 Å². The standard InChI is InChI=1S/C92H96B2N4/c1-85(2,3)49-25-31-71-59(37-49)63-41-53(89(13,14)15)45-67-79(63)95(71)75-35-29-57(83-77(75)93(67)69-47-55(91(19,20)21)43-65-61-39-51(87(7,8)9)27-33-73(61)97(83)81(65)69)58-30-36-76-78-84(58)98-74-34-28-52(88(10,11)12)40-62(74)66-44-56(92(22,23)24)48-70(82(66)98)94(78)68-46-54(90(16,17)18)42-64-60-38-50(86(4,5)6)26-32-72(60)96(76)80(64)68/h25-48H,1-24H3. The third kappa shape index (κ3) is 8.27. The molecule has 98 heavy (non-hydrogen) atoms. The first-order valence-corrected chi connectivity index (χ1v) is 36.6. The lowest BCUT2D eigenvalue weighted by Gasteiger charge is -2.38. The lowest BCUT2D eigenvalue weighted by molar-refractivity contribution is 0.590. The van der Waals surface area contributed by atoms with Crippen molar-refractivity contribution in [1.29, 1.82) is 0 Å². The van der Waals surface area contributed by atoms with Crippen molar-refractivity contribution in [3.05, 3.63) is 190 Å². The van der Waals surface area contributed by atoms with Gasteiger partial charge in [-0.3, -0.25) is 0 Å². The van der Waals surface area contributed by atoms with Crippen molar-refractivity contribution in [2.24, 2.45) is 0 Å². The van der Waals surface area contributed by atoms with Crippen LogP contribution in [0.3, 0.4) is 0 Å². The number of fused-ring (bicyclic) bond motifs is 20. The average Bonchev–Trinajstić information content (AvgIpc) is 1.43. The van der Waals surface area contributed by atoms with E-state index in [1.807, 2.05) is 0 Å². The predicted octanol–water partition coefficient (Wildman–Crippen LogP) is 20.4. The summed E-state index contributed by atoms with van der Waals surface area (Å²) in [4.78, 5) is 0. The monoisotopic (exact) mass is 1280 g/mol. The molecule has 0 saturated heterocycles. The summed E-state index contributed by atoms with van der Waals surface area (Å²) in [6, 6.07) is 61.0. The van der Waals surface area contributed by atoms with Crippen molar-refractivity contribution >= 4 is 133 Å². The fourth-order valence-corrected chi connectivity index (χ4v) is 18.2. The Morgan fingerprint density at radius 2 is 0.429 bits per heavy atom. The molecule has 0 radical (unpaired) electrons. The minimum atomic E-state index is -0.121. The van der Waals surface area contributed by atoms with Crippen LogP contribution in [-0.4, -0.2) is 31.7 Å². The number of hydrogen-bond acceptors (Lipinski definition) is 0. The first-order valence-electron chi connectivity index (χ1n) is 36.6. The van der Waals surface area contributed by atoms with Gasteiger partial charge in [0.2, 0.25) is 0 Å². The van der Waals surface area contributed by atoms with E-state index in [-0.39, 0.29) is 56.7 Å². The van der Waals surface area contributed by atoms with Crippen molar-refractivity contribution in [3.63, 3.8) is 0 Å². The van der Waals surface area contributed by atoms with Gasteiger partial charge in [-0.1, -0.05) is 227 Å². The second kappa shape index (κ2) is 18.9. The summed E-state index contributed by atoms with van der Waals surface area (Å²) >= 11 is 0. The smallest absolute Gasteiger partial charge is 0.252 e. The van der Waals surface area contributed by atoms with Crippen LogP contribution in [0.25, 0.3) is 121 Å². The molecule has 4 nitrogen and oxygen atoms in total. The molecule has 0 fully saturated rings. The molecule has 4 aliphatic rings. The molecule has 0 atom stereocenters. The third-order valence-electron chi connectivity index (χ3n) is 23.9. The van der Waals surface area contributed by atoms with E-state index in [4.69, 9.17) is 0 Å². The Morgan fingerprint density at radius 3 is 0.663 bits per heavy atom. The summed E-state index contributed by atoms with van der Waals surface area (Å²) in [5.74, 6) is 0. The summed E-state index contributed by atoms with van der Waals surface area (Å²) < 4.78 is 11.0. The van der Waals surface area contributed by atoms with Gasteiger partial charge in [0.15, 0.2) is 0 Å². The van der Waals surface area contributed by atoms with Crippen molar-refractivity contribution in [3.8, 4) is 33.9 Å². The molecule has 0 saturated carbocycles. The van der Waals surface area contributed by atoms with E-state index in [1.165, 1.54) is 198 Å². The van der Waals surface area contributed by atoms with Crippen LogP contribution in [0.1, 0.15) is 211 Å². The highest BCUT2D eigenvalue weighted by Crippen LogP contribution is 2.50. The van der Waals surface area contributed by atoms with Crippen molar-refractivity contribution < 1.29 is 0 Å². The minimum Gasteiger partial charge on any atom is -0.310 e. The molecule has 14 aromatic rings. The molecule has 10 aromatic carbocycles. The van der Waals surface area contributed by atoms with E-state index in [1.54, 1.807) is 0 Å². The number of nitrogens with zero attached hydrogens (tertiary/aromatic N) is 4. The van der Waals surface area contributed by atoms with Gasteiger partial charge in [-0.15, -0.1) is 0 Å². The summed E-state index contributed by atoms with van der Waals surface area (Å²) in [5.41, 5.74) is 36.6. The molecule has 0 N–H and O–H groups in total. The molecule has 0 bridgehead atoms. The lowest BCUT2D eigenvalue weighted by atomic mass is 9.33. The number of benzene rings is 10. The Morgan fingerprint density at radius 1 is 0.214 bits per heavy atom. The highest BCUT2D eigenvalue weighted by atomic mass is 15.1. The topological polar surface area (TPSA) is 19.7 Å². The van der Waals surface area contributed by atoms with E-state index in [0.29, 0.717) is 0 Å². The molecular weight excluding hydrogens is 1180 g/mol. The zero-order chi connectivity index (χ0) is 69.2. The Labute approximate surface area is 581 Å². The van der Waals surface area contributed by atoms with Gasteiger partial charge in [-0.2, -0.15) is 0 Å². The Balaban J connectivity index is 1.07. The zero-order valence-electron chi connectivity index (χ0n) is 62.8. The number of hydrogen-bond donors (Lipinski definition) is 0. The van der Waals surface area contributed by atoms with Gasteiger partial charge in [0, 0.05) is 87.7 Å². The van der Waals surface area contributed by atoms with Gasteiger partial charge >= 0.3 is 0 Å². The predicted molar refractivity (Wildman–Crippen MR) is 428 cm³/mol. The van der Waals surface area contributed by atoms with E-state index in [2.05, 4.69) is 330 Å². The fraction of sp³-hybridized carbons (Fsp3) is 0.348. The minimum absolute atomic E-state index is 0.0304. The number of rotatable bonds is 1. The first kappa shape index (κ1) is 61.8. The molecular formula is C92H96B2N4. The SMILES string of the molecule is CC(C)(C)c1ccc2c(c1)c1cc(C(C)(C)C)cc3c1n2-c1ccc(-c2ccc4c5c2-n2c6ccc(C(C)(C)C)cc6c6cc(C(C)(C)C)cc(c62)B5c2cc(C(C)(C)C)cc5c6cc(C(C)(C)C)ccc6n-4c25)c2c1B3c1cc(C(C)(C)C)cc3c4cc(C(C)(C)C)ccc4n-2c13. The quantitative estimate of drug-likeness (QED) is 0.146. The highest BCUT2D eigenvalue weighted by molar-refractivity contribution is 7.01. The van der Waals surface area contributed by atoms with Gasteiger partial charge < -0.3 is 18.3 Å². The van der Waals surface area contributed by atoms with Gasteiger partial charge in [-0.05, 0) is 206 Å². The first-order chi connectivity index (χ1) is 45.7. The van der Waals surface area contributed by atoms with Gasteiger partial charge in [0.1, 0.15) is 0 Å². The summed E-state index contributed by atoms with van der Waals surface area (Å²) in [6.45, 7) is 57.3.